The second-order valence-electron chi connectivity index (χ2n) is 8.57. The standard InChI is InChI=1S/C20H34N4O3/c1-14(2)18(24-11-5-8-17(24)25)20(27)23-10-4-6-15(13-23)12-22-19(26)16-7-3-9-21-16/h14-16,18,21H,3-13H2,1-2H3,(H,22,26). The molecule has 0 saturated carbocycles. The molecule has 0 bridgehead atoms. The van der Waals surface area contributed by atoms with Crippen LogP contribution in [0.25, 0.3) is 0 Å². The van der Waals surface area contributed by atoms with Gasteiger partial charge in [-0.15, -0.1) is 0 Å². The third-order valence-electron chi connectivity index (χ3n) is 6.10. The van der Waals surface area contributed by atoms with Gasteiger partial charge in [-0.2, -0.15) is 0 Å². The van der Waals surface area contributed by atoms with Crippen molar-refractivity contribution < 1.29 is 14.4 Å². The van der Waals surface area contributed by atoms with E-state index in [1.165, 1.54) is 0 Å². The van der Waals surface area contributed by atoms with E-state index in [9.17, 15) is 14.4 Å². The molecule has 3 unspecified atom stereocenters. The van der Waals surface area contributed by atoms with E-state index in [4.69, 9.17) is 0 Å². The van der Waals surface area contributed by atoms with Gasteiger partial charge in [0.05, 0.1) is 6.04 Å². The van der Waals surface area contributed by atoms with Crippen molar-refractivity contribution in [2.45, 2.75) is 64.5 Å². The Hall–Kier alpha value is -1.63. The van der Waals surface area contributed by atoms with Crippen LogP contribution in [0.3, 0.4) is 0 Å². The van der Waals surface area contributed by atoms with Gasteiger partial charge >= 0.3 is 0 Å². The largest absolute Gasteiger partial charge is 0.354 e. The van der Waals surface area contributed by atoms with Crippen LogP contribution >= 0.6 is 0 Å². The molecule has 3 aliphatic rings. The molecule has 0 aliphatic carbocycles. The van der Waals surface area contributed by atoms with Crippen LogP contribution in [0.5, 0.6) is 0 Å². The molecule has 0 aromatic rings. The van der Waals surface area contributed by atoms with E-state index in [1.807, 2.05) is 18.7 Å². The van der Waals surface area contributed by atoms with Gasteiger partial charge < -0.3 is 20.4 Å². The lowest BCUT2D eigenvalue weighted by atomic mass is 9.95. The van der Waals surface area contributed by atoms with Gasteiger partial charge in [0.2, 0.25) is 17.7 Å². The first-order valence-corrected chi connectivity index (χ1v) is 10.6. The molecule has 7 nitrogen and oxygen atoms in total. The number of rotatable bonds is 6. The fourth-order valence-electron chi connectivity index (χ4n) is 4.64. The van der Waals surface area contributed by atoms with Gasteiger partial charge in [-0.05, 0) is 50.5 Å². The van der Waals surface area contributed by atoms with Crippen LogP contribution in [-0.4, -0.2) is 72.3 Å². The molecule has 2 N–H and O–H groups in total. The number of piperidine rings is 1. The lowest BCUT2D eigenvalue weighted by molar-refractivity contribution is -0.146. The number of carbonyl (C=O) groups is 3. The molecule has 3 rings (SSSR count). The molecule has 0 aromatic carbocycles. The molecule has 3 saturated heterocycles. The fraction of sp³-hybridized carbons (Fsp3) is 0.850. The van der Waals surface area contributed by atoms with Crippen molar-refractivity contribution in [2.75, 3.05) is 32.7 Å². The van der Waals surface area contributed by atoms with Crippen molar-refractivity contribution in [1.82, 2.24) is 20.4 Å². The molecule has 3 aliphatic heterocycles. The number of nitrogens with zero attached hydrogens (tertiary/aromatic N) is 2. The van der Waals surface area contributed by atoms with Crippen molar-refractivity contribution >= 4 is 17.7 Å². The maximum atomic E-state index is 13.2. The molecule has 0 aromatic heterocycles. The summed E-state index contributed by atoms with van der Waals surface area (Å²) in [6, 6.07) is -0.408. The van der Waals surface area contributed by atoms with E-state index in [1.54, 1.807) is 4.90 Å². The van der Waals surface area contributed by atoms with Crippen molar-refractivity contribution in [3.05, 3.63) is 0 Å². The van der Waals surface area contributed by atoms with Crippen molar-refractivity contribution in [2.24, 2.45) is 11.8 Å². The first-order valence-electron chi connectivity index (χ1n) is 10.6. The summed E-state index contributed by atoms with van der Waals surface area (Å²) in [7, 11) is 0. The van der Waals surface area contributed by atoms with Crippen LogP contribution in [-0.2, 0) is 14.4 Å². The Morgan fingerprint density at radius 3 is 2.63 bits per heavy atom. The summed E-state index contributed by atoms with van der Waals surface area (Å²) in [6.07, 6.45) is 5.33. The maximum absolute atomic E-state index is 13.2. The normalized spacial score (nSPS) is 27.3. The number of likely N-dealkylation sites (tertiary alicyclic amines) is 2. The Balaban J connectivity index is 1.54. The van der Waals surface area contributed by atoms with Crippen molar-refractivity contribution in [3.63, 3.8) is 0 Å². The number of hydrogen-bond acceptors (Lipinski definition) is 4. The summed E-state index contributed by atoms with van der Waals surface area (Å²) in [5, 5.41) is 6.28. The van der Waals surface area contributed by atoms with E-state index >= 15 is 0 Å². The highest BCUT2D eigenvalue weighted by atomic mass is 16.2. The van der Waals surface area contributed by atoms with Gasteiger partial charge in [0.25, 0.3) is 0 Å². The Morgan fingerprint density at radius 2 is 2.00 bits per heavy atom. The van der Waals surface area contributed by atoms with Crippen LogP contribution in [0.15, 0.2) is 0 Å². The van der Waals surface area contributed by atoms with Crippen LogP contribution < -0.4 is 10.6 Å². The van der Waals surface area contributed by atoms with Crippen LogP contribution in [0.2, 0.25) is 0 Å². The second-order valence-corrected chi connectivity index (χ2v) is 8.57. The number of amides is 3. The van der Waals surface area contributed by atoms with E-state index in [2.05, 4.69) is 10.6 Å². The Morgan fingerprint density at radius 1 is 1.19 bits per heavy atom. The van der Waals surface area contributed by atoms with E-state index < -0.39 is 0 Å². The minimum Gasteiger partial charge on any atom is -0.354 e. The van der Waals surface area contributed by atoms with E-state index in [-0.39, 0.29) is 41.6 Å². The lowest BCUT2D eigenvalue weighted by Crippen LogP contribution is -2.54. The highest BCUT2D eigenvalue weighted by Gasteiger charge is 2.38. The molecular weight excluding hydrogens is 344 g/mol. The average Bonchev–Trinajstić information content (AvgIpc) is 3.32. The number of hydrogen-bond donors (Lipinski definition) is 2. The number of carbonyl (C=O) groups excluding carboxylic acids is 3. The summed E-state index contributed by atoms with van der Waals surface area (Å²) in [6.45, 7) is 7.68. The summed E-state index contributed by atoms with van der Waals surface area (Å²) < 4.78 is 0. The average molecular weight is 379 g/mol. The van der Waals surface area contributed by atoms with Gasteiger partial charge in [-0.1, -0.05) is 13.8 Å². The first kappa shape index (κ1) is 20.1. The van der Waals surface area contributed by atoms with Gasteiger partial charge in [0.1, 0.15) is 6.04 Å². The first-order chi connectivity index (χ1) is 13.0. The van der Waals surface area contributed by atoms with Gasteiger partial charge in [-0.25, -0.2) is 0 Å². The predicted octanol–water partition coefficient (Wildman–Crippen LogP) is 0.740. The fourth-order valence-corrected chi connectivity index (χ4v) is 4.64. The SMILES string of the molecule is CC(C)C(C(=O)N1CCCC(CNC(=O)C2CCCN2)C1)N1CCCC1=O. The molecule has 3 amide bonds. The zero-order chi connectivity index (χ0) is 19.4. The molecule has 0 spiro atoms. The third-order valence-corrected chi connectivity index (χ3v) is 6.10. The summed E-state index contributed by atoms with van der Waals surface area (Å²) in [4.78, 5) is 41.3. The lowest BCUT2D eigenvalue weighted by Gasteiger charge is -2.38. The molecule has 3 heterocycles. The van der Waals surface area contributed by atoms with Crippen molar-refractivity contribution in [1.29, 1.82) is 0 Å². The zero-order valence-electron chi connectivity index (χ0n) is 16.7. The molecule has 3 fully saturated rings. The van der Waals surface area contributed by atoms with Gasteiger partial charge in [0, 0.05) is 32.6 Å². The highest BCUT2D eigenvalue weighted by Crippen LogP contribution is 2.24. The topological polar surface area (TPSA) is 81.8 Å². The van der Waals surface area contributed by atoms with E-state index in [0.29, 0.717) is 26.1 Å². The summed E-state index contributed by atoms with van der Waals surface area (Å²) in [5.41, 5.74) is 0. The highest BCUT2D eigenvalue weighted by molar-refractivity contribution is 5.89. The minimum absolute atomic E-state index is 0.0576. The van der Waals surface area contributed by atoms with E-state index in [0.717, 1.165) is 45.2 Å². The Labute approximate surface area is 162 Å². The Kier molecular flexibility index (Phi) is 6.73. The monoisotopic (exact) mass is 378 g/mol. The molecule has 3 atom stereocenters. The molecule has 7 heteroatoms. The maximum Gasteiger partial charge on any atom is 0.245 e. The quantitative estimate of drug-likeness (QED) is 0.714. The second kappa shape index (κ2) is 9.04. The summed E-state index contributed by atoms with van der Waals surface area (Å²) >= 11 is 0. The van der Waals surface area contributed by atoms with Gasteiger partial charge in [-0.3, -0.25) is 14.4 Å². The smallest absolute Gasteiger partial charge is 0.245 e. The molecular formula is C20H34N4O3. The van der Waals surface area contributed by atoms with Gasteiger partial charge in [0.15, 0.2) is 0 Å². The molecule has 152 valence electrons. The van der Waals surface area contributed by atoms with Crippen LogP contribution in [0.1, 0.15) is 52.4 Å². The predicted molar refractivity (Wildman–Crippen MR) is 103 cm³/mol. The Bertz CT molecular complexity index is 559. The molecule has 0 radical (unpaired) electrons. The van der Waals surface area contributed by atoms with Crippen LogP contribution in [0.4, 0.5) is 0 Å². The zero-order valence-corrected chi connectivity index (χ0v) is 16.7. The molecule has 27 heavy (non-hydrogen) atoms. The third kappa shape index (κ3) is 4.81. The van der Waals surface area contributed by atoms with Crippen molar-refractivity contribution in [3.8, 4) is 0 Å². The van der Waals surface area contributed by atoms with Crippen LogP contribution in [0, 0.1) is 11.8 Å². The number of nitrogens with one attached hydrogen (secondary N) is 2. The summed E-state index contributed by atoms with van der Waals surface area (Å²) in [5.74, 6) is 0.655. The minimum atomic E-state index is -0.351.